The molecule has 1 aromatic carbocycles. The van der Waals surface area contributed by atoms with E-state index in [9.17, 15) is 0 Å². The van der Waals surface area contributed by atoms with Gasteiger partial charge in [-0.25, -0.2) is 0 Å². The van der Waals surface area contributed by atoms with Crippen LogP contribution in [0.15, 0.2) is 42.0 Å². The topological polar surface area (TPSA) is 3.24 Å². The van der Waals surface area contributed by atoms with Gasteiger partial charge >= 0.3 is 0 Å². The molecule has 1 heteroatoms. The molecule has 0 spiro atoms. The third-order valence-corrected chi connectivity index (χ3v) is 3.25. The van der Waals surface area contributed by atoms with Gasteiger partial charge in [-0.2, -0.15) is 0 Å². The Kier molecular flexibility index (Phi) is 3.79. The summed E-state index contributed by atoms with van der Waals surface area (Å²) in [6.07, 6.45) is 3.63. The van der Waals surface area contributed by atoms with Crippen LogP contribution < -0.4 is 0 Å². The highest BCUT2D eigenvalue weighted by Gasteiger charge is 2.14. The van der Waals surface area contributed by atoms with Gasteiger partial charge in [-0.15, -0.1) is 0 Å². The van der Waals surface area contributed by atoms with E-state index in [1.54, 1.807) is 5.57 Å². The molecule has 86 valence electrons. The van der Waals surface area contributed by atoms with Crippen molar-refractivity contribution >= 4 is 0 Å². The minimum atomic E-state index is 0.693. The second-order valence-electron chi connectivity index (χ2n) is 4.92. The predicted octanol–water partition coefficient (Wildman–Crippen LogP) is 3.47. The number of benzene rings is 1. The van der Waals surface area contributed by atoms with Crippen molar-refractivity contribution in [2.24, 2.45) is 5.92 Å². The number of hydrogen-bond acceptors (Lipinski definition) is 1. The molecule has 16 heavy (non-hydrogen) atoms. The highest BCUT2D eigenvalue weighted by Crippen LogP contribution is 2.18. The first-order valence-corrected chi connectivity index (χ1v) is 6.21. The maximum atomic E-state index is 2.55. The maximum Gasteiger partial charge on any atom is 0.0237 e. The fourth-order valence-corrected chi connectivity index (χ4v) is 2.23. The van der Waals surface area contributed by atoms with Crippen molar-refractivity contribution in [2.45, 2.75) is 26.8 Å². The van der Waals surface area contributed by atoms with Gasteiger partial charge in [0.25, 0.3) is 0 Å². The molecule has 0 aliphatic carbocycles. The molecule has 0 atom stereocenters. The summed E-state index contributed by atoms with van der Waals surface area (Å²) in [6, 6.07) is 10.8. The average molecular weight is 215 g/mol. The van der Waals surface area contributed by atoms with Crippen molar-refractivity contribution in [1.29, 1.82) is 0 Å². The smallest absolute Gasteiger partial charge is 0.0237 e. The molecule has 0 bridgehead atoms. The fourth-order valence-electron chi connectivity index (χ4n) is 2.23. The normalized spacial score (nSPS) is 17.6. The molecule has 1 aromatic rings. The van der Waals surface area contributed by atoms with Crippen LogP contribution in [0.1, 0.15) is 25.8 Å². The van der Waals surface area contributed by atoms with Crippen molar-refractivity contribution in [3.8, 4) is 0 Å². The lowest BCUT2D eigenvalue weighted by Gasteiger charge is -2.29. The summed E-state index contributed by atoms with van der Waals surface area (Å²) in [7, 11) is 0. The number of rotatable bonds is 3. The summed E-state index contributed by atoms with van der Waals surface area (Å²) in [6.45, 7) is 8.01. The molecule has 1 aliphatic heterocycles. The second kappa shape index (κ2) is 5.31. The van der Waals surface area contributed by atoms with Crippen LogP contribution in [0.4, 0.5) is 0 Å². The van der Waals surface area contributed by atoms with Crippen molar-refractivity contribution < 1.29 is 0 Å². The first-order valence-electron chi connectivity index (χ1n) is 6.21. The van der Waals surface area contributed by atoms with Crippen LogP contribution in [-0.4, -0.2) is 18.0 Å². The molecule has 1 nitrogen and oxygen atoms in total. The lowest BCUT2D eigenvalue weighted by atomic mass is 9.98. The summed E-state index contributed by atoms with van der Waals surface area (Å²) < 4.78 is 0. The Hall–Kier alpha value is -1.08. The van der Waals surface area contributed by atoms with Gasteiger partial charge in [0.1, 0.15) is 0 Å². The average Bonchev–Trinajstić information content (AvgIpc) is 2.30. The van der Waals surface area contributed by atoms with Gasteiger partial charge < -0.3 is 0 Å². The lowest BCUT2D eigenvalue weighted by Crippen LogP contribution is -2.30. The van der Waals surface area contributed by atoms with E-state index in [1.165, 1.54) is 18.5 Å². The molecule has 0 saturated carbocycles. The minimum absolute atomic E-state index is 0.693. The van der Waals surface area contributed by atoms with Gasteiger partial charge in [-0.3, -0.25) is 4.90 Å². The molecule has 0 fully saturated rings. The molecule has 0 radical (unpaired) electrons. The Balaban J connectivity index is 1.95. The summed E-state index contributed by atoms with van der Waals surface area (Å²) in [5.74, 6) is 0.693. The molecule has 1 heterocycles. The van der Waals surface area contributed by atoms with Crippen molar-refractivity contribution in [1.82, 2.24) is 4.90 Å². The molecule has 0 N–H and O–H groups in total. The first kappa shape index (κ1) is 11.4. The van der Waals surface area contributed by atoms with Gasteiger partial charge in [0.2, 0.25) is 0 Å². The largest absolute Gasteiger partial charge is 0.295 e. The van der Waals surface area contributed by atoms with E-state index in [0.29, 0.717) is 5.92 Å². The van der Waals surface area contributed by atoms with Crippen LogP contribution in [0.5, 0.6) is 0 Å². The van der Waals surface area contributed by atoms with E-state index >= 15 is 0 Å². The van der Waals surface area contributed by atoms with Crippen LogP contribution in [0.2, 0.25) is 0 Å². The summed E-state index contributed by atoms with van der Waals surface area (Å²) in [4.78, 5) is 2.55. The van der Waals surface area contributed by atoms with Gasteiger partial charge in [0.15, 0.2) is 0 Å². The highest BCUT2D eigenvalue weighted by molar-refractivity contribution is 5.16. The summed E-state index contributed by atoms with van der Waals surface area (Å²) in [5, 5.41) is 0. The van der Waals surface area contributed by atoms with Gasteiger partial charge in [0, 0.05) is 19.6 Å². The molecular formula is C15H21N. The van der Waals surface area contributed by atoms with Crippen molar-refractivity contribution in [2.75, 3.05) is 13.1 Å². The highest BCUT2D eigenvalue weighted by atomic mass is 15.1. The summed E-state index contributed by atoms with van der Waals surface area (Å²) in [5.41, 5.74) is 3.02. The number of hydrogen-bond donors (Lipinski definition) is 0. The van der Waals surface area contributed by atoms with Gasteiger partial charge in [0.05, 0.1) is 0 Å². The van der Waals surface area contributed by atoms with Gasteiger partial charge in [-0.05, 0) is 17.9 Å². The zero-order chi connectivity index (χ0) is 11.4. The van der Waals surface area contributed by atoms with E-state index in [1.807, 2.05) is 0 Å². The first-order chi connectivity index (χ1) is 7.75. The quantitative estimate of drug-likeness (QED) is 0.698. The number of nitrogens with zero attached hydrogens (tertiary/aromatic N) is 1. The molecule has 0 unspecified atom stereocenters. The zero-order valence-electron chi connectivity index (χ0n) is 10.3. The zero-order valence-corrected chi connectivity index (χ0v) is 10.3. The van der Waals surface area contributed by atoms with Crippen LogP contribution in [0, 0.1) is 5.92 Å². The Morgan fingerprint density at radius 3 is 2.62 bits per heavy atom. The molecule has 0 amide bonds. The summed E-state index contributed by atoms with van der Waals surface area (Å²) >= 11 is 0. The van der Waals surface area contributed by atoms with E-state index in [-0.39, 0.29) is 0 Å². The Labute approximate surface area is 98.8 Å². The molecule has 0 saturated heterocycles. The van der Waals surface area contributed by atoms with Crippen molar-refractivity contribution in [3.05, 3.63) is 47.5 Å². The molecule has 2 rings (SSSR count). The van der Waals surface area contributed by atoms with Crippen LogP contribution in [-0.2, 0) is 6.54 Å². The maximum absolute atomic E-state index is 2.55. The van der Waals surface area contributed by atoms with Crippen LogP contribution >= 0.6 is 0 Å². The Bertz CT molecular complexity index is 351. The van der Waals surface area contributed by atoms with Crippen LogP contribution in [0.3, 0.4) is 0 Å². The molecule has 1 aliphatic rings. The van der Waals surface area contributed by atoms with E-state index in [0.717, 1.165) is 13.1 Å². The minimum Gasteiger partial charge on any atom is -0.295 e. The molecular weight excluding hydrogens is 194 g/mol. The standard InChI is InChI=1S/C15H21N/c1-13(2)15-9-6-10-16(12-15)11-14-7-4-3-5-8-14/h3-5,7-9,13H,6,10-12H2,1-2H3. The van der Waals surface area contributed by atoms with Gasteiger partial charge in [-0.1, -0.05) is 55.8 Å². The second-order valence-corrected chi connectivity index (χ2v) is 4.92. The Morgan fingerprint density at radius 1 is 1.19 bits per heavy atom. The third kappa shape index (κ3) is 2.96. The van der Waals surface area contributed by atoms with Crippen LogP contribution in [0.25, 0.3) is 0 Å². The predicted molar refractivity (Wildman–Crippen MR) is 69.3 cm³/mol. The van der Waals surface area contributed by atoms with E-state index in [2.05, 4.69) is 55.2 Å². The van der Waals surface area contributed by atoms with Crippen molar-refractivity contribution in [3.63, 3.8) is 0 Å². The molecule has 0 aromatic heterocycles. The van der Waals surface area contributed by atoms with E-state index < -0.39 is 0 Å². The third-order valence-electron chi connectivity index (χ3n) is 3.25. The lowest BCUT2D eigenvalue weighted by molar-refractivity contribution is 0.273. The SMILES string of the molecule is CC(C)C1=CCCN(Cc2ccccc2)C1. The van der Waals surface area contributed by atoms with E-state index in [4.69, 9.17) is 0 Å². The fraction of sp³-hybridized carbons (Fsp3) is 0.467. The Morgan fingerprint density at radius 2 is 1.94 bits per heavy atom. The monoisotopic (exact) mass is 215 g/mol.